The Morgan fingerprint density at radius 1 is 0.537 bits per heavy atom. The standard InChI is InChI=1S/C36H20N4O/c1-38-36-21-30(15-17-40-36)26-8-4-24(5-9-26)28-11-13-33-32-12-10-27(19-34(32)41-35(33)20-28)23-2-6-25(7-3-23)29-14-16-39-31(18-29)22-37/h2-21H. The molecule has 0 saturated heterocycles. The van der Waals surface area contributed by atoms with Crippen LogP contribution in [0.3, 0.4) is 0 Å². The van der Waals surface area contributed by atoms with Gasteiger partial charge in [0.15, 0.2) is 0 Å². The predicted molar refractivity (Wildman–Crippen MR) is 162 cm³/mol. The van der Waals surface area contributed by atoms with Gasteiger partial charge in [-0.15, -0.1) is 4.98 Å². The predicted octanol–water partition coefficient (Wildman–Crippen LogP) is 9.47. The van der Waals surface area contributed by atoms with E-state index in [4.69, 9.17) is 16.3 Å². The van der Waals surface area contributed by atoms with Crippen molar-refractivity contribution >= 4 is 27.8 Å². The molecule has 0 saturated carbocycles. The van der Waals surface area contributed by atoms with E-state index in [1.165, 1.54) is 0 Å². The first-order valence-electron chi connectivity index (χ1n) is 13.1. The number of pyridine rings is 2. The SMILES string of the molecule is [C-]#[N+]c1cc(-c2ccc(-c3ccc4c(c3)oc3cc(-c5ccc(-c6ccnc(C#N)c6)cc5)ccc34)cc2)ccn1. The highest BCUT2D eigenvalue weighted by Crippen LogP contribution is 2.35. The van der Waals surface area contributed by atoms with Crippen LogP contribution in [0, 0.1) is 17.9 Å². The molecule has 190 valence electrons. The Morgan fingerprint density at radius 2 is 0.976 bits per heavy atom. The molecule has 3 heterocycles. The van der Waals surface area contributed by atoms with Gasteiger partial charge in [0.05, 0.1) is 0 Å². The van der Waals surface area contributed by atoms with E-state index >= 15 is 0 Å². The fourth-order valence-corrected chi connectivity index (χ4v) is 5.18. The molecule has 0 N–H and O–H groups in total. The number of nitrogens with zero attached hydrogens (tertiary/aromatic N) is 4. The minimum atomic E-state index is 0.391. The Hall–Kier alpha value is -6.04. The fourth-order valence-electron chi connectivity index (χ4n) is 5.18. The summed E-state index contributed by atoms with van der Waals surface area (Å²) in [6.07, 6.45) is 3.33. The highest BCUT2D eigenvalue weighted by Gasteiger charge is 2.11. The maximum atomic E-state index is 9.15. The van der Waals surface area contributed by atoms with Gasteiger partial charge in [0.25, 0.3) is 5.82 Å². The number of hydrogen-bond acceptors (Lipinski definition) is 4. The Morgan fingerprint density at radius 3 is 1.46 bits per heavy atom. The van der Waals surface area contributed by atoms with Gasteiger partial charge in [0.1, 0.15) is 29.1 Å². The summed E-state index contributed by atoms with van der Waals surface area (Å²) in [5.74, 6) is 0.391. The van der Waals surface area contributed by atoms with Gasteiger partial charge in [-0.2, -0.15) is 5.26 Å². The van der Waals surface area contributed by atoms with E-state index in [-0.39, 0.29) is 0 Å². The number of benzene rings is 4. The quantitative estimate of drug-likeness (QED) is 0.215. The molecular formula is C36H20N4O. The summed E-state index contributed by atoms with van der Waals surface area (Å²) >= 11 is 0. The molecule has 0 aliphatic rings. The topological polar surface area (TPSA) is 67.1 Å². The van der Waals surface area contributed by atoms with Gasteiger partial charge in [-0.3, -0.25) is 0 Å². The van der Waals surface area contributed by atoms with Crippen molar-refractivity contribution in [2.75, 3.05) is 0 Å². The summed E-state index contributed by atoms with van der Waals surface area (Å²) in [4.78, 5) is 11.5. The molecule has 0 aliphatic carbocycles. The average molecular weight is 525 g/mol. The van der Waals surface area contributed by atoms with Crippen molar-refractivity contribution in [3.05, 3.63) is 139 Å². The van der Waals surface area contributed by atoms with Crippen LogP contribution in [0.4, 0.5) is 5.82 Å². The largest absolute Gasteiger partial charge is 0.456 e. The molecular weight excluding hydrogens is 504 g/mol. The molecule has 3 aromatic heterocycles. The van der Waals surface area contributed by atoms with Gasteiger partial charge < -0.3 is 9.26 Å². The Balaban J connectivity index is 1.18. The number of fused-ring (bicyclic) bond motifs is 3. The van der Waals surface area contributed by atoms with Crippen molar-refractivity contribution < 1.29 is 4.42 Å². The zero-order valence-electron chi connectivity index (χ0n) is 21.7. The first kappa shape index (κ1) is 24.0. The maximum absolute atomic E-state index is 9.15. The molecule has 41 heavy (non-hydrogen) atoms. The van der Waals surface area contributed by atoms with Gasteiger partial charge in [0.2, 0.25) is 0 Å². The zero-order valence-corrected chi connectivity index (χ0v) is 21.7. The minimum Gasteiger partial charge on any atom is -0.456 e. The second-order valence-electron chi connectivity index (χ2n) is 9.73. The highest BCUT2D eigenvalue weighted by atomic mass is 16.3. The van der Waals surface area contributed by atoms with E-state index in [0.717, 1.165) is 66.4 Å². The van der Waals surface area contributed by atoms with Crippen LogP contribution in [0.2, 0.25) is 0 Å². The van der Waals surface area contributed by atoms with Gasteiger partial charge in [-0.05, 0) is 93.0 Å². The van der Waals surface area contributed by atoms with E-state index in [1.807, 2.05) is 12.1 Å². The van der Waals surface area contributed by atoms with Crippen LogP contribution in [-0.2, 0) is 0 Å². The monoisotopic (exact) mass is 524 g/mol. The molecule has 0 amide bonds. The molecule has 4 aromatic carbocycles. The lowest BCUT2D eigenvalue weighted by Gasteiger charge is -2.05. The molecule has 0 atom stereocenters. The number of rotatable bonds is 4. The van der Waals surface area contributed by atoms with Crippen LogP contribution in [0.5, 0.6) is 0 Å². The lowest BCUT2D eigenvalue weighted by Crippen LogP contribution is -1.84. The lowest BCUT2D eigenvalue weighted by atomic mass is 9.98. The molecule has 7 aromatic rings. The second-order valence-corrected chi connectivity index (χ2v) is 9.73. The van der Waals surface area contributed by atoms with E-state index < -0.39 is 0 Å². The summed E-state index contributed by atoms with van der Waals surface area (Å²) in [5, 5.41) is 11.3. The van der Waals surface area contributed by atoms with Crippen molar-refractivity contribution in [1.82, 2.24) is 9.97 Å². The van der Waals surface area contributed by atoms with Crippen LogP contribution in [0.15, 0.2) is 126 Å². The summed E-state index contributed by atoms with van der Waals surface area (Å²) < 4.78 is 6.34. The molecule has 7 rings (SSSR count). The van der Waals surface area contributed by atoms with Crippen molar-refractivity contribution in [3.8, 4) is 50.6 Å². The Bertz CT molecular complexity index is 2010. The summed E-state index contributed by atoms with van der Waals surface area (Å²) in [7, 11) is 0. The number of furan rings is 1. The number of aromatic nitrogens is 2. The van der Waals surface area contributed by atoms with Gasteiger partial charge >= 0.3 is 0 Å². The molecule has 0 bridgehead atoms. The first-order chi connectivity index (χ1) is 20.2. The van der Waals surface area contributed by atoms with Crippen LogP contribution in [0.25, 0.3) is 71.3 Å². The van der Waals surface area contributed by atoms with Crippen LogP contribution >= 0.6 is 0 Å². The van der Waals surface area contributed by atoms with E-state index in [9.17, 15) is 0 Å². The van der Waals surface area contributed by atoms with E-state index in [0.29, 0.717) is 11.5 Å². The average Bonchev–Trinajstić information content (AvgIpc) is 3.42. The van der Waals surface area contributed by atoms with Crippen molar-refractivity contribution in [2.24, 2.45) is 0 Å². The van der Waals surface area contributed by atoms with Gasteiger partial charge in [-0.1, -0.05) is 67.2 Å². The summed E-state index contributed by atoms with van der Waals surface area (Å²) in [6, 6.07) is 38.8. The fraction of sp³-hybridized carbons (Fsp3) is 0. The van der Waals surface area contributed by atoms with Crippen molar-refractivity contribution in [3.63, 3.8) is 0 Å². The van der Waals surface area contributed by atoms with Gasteiger partial charge in [0, 0.05) is 17.0 Å². The number of hydrogen-bond donors (Lipinski definition) is 0. The first-order valence-corrected chi connectivity index (χ1v) is 13.1. The maximum Gasteiger partial charge on any atom is 0.270 e. The molecule has 0 unspecified atom stereocenters. The molecule has 5 nitrogen and oxygen atoms in total. The Labute approximate surface area is 236 Å². The normalized spacial score (nSPS) is 10.9. The van der Waals surface area contributed by atoms with E-state index in [2.05, 4.69) is 106 Å². The second kappa shape index (κ2) is 9.93. The lowest BCUT2D eigenvalue weighted by molar-refractivity contribution is 0.669. The summed E-state index contributed by atoms with van der Waals surface area (Å²) in [5.41, 5.74) is 10.4. The molecule has 5 heteroatoms. The number of nitriles is 1. The van der Waals surface area contributed by atoms with E-state index in [1.54, 1.807) is 24.5 Å². The zero-order chi connectivity index (χ0) is 27.8. The Kier molecular flexibility index (Phi) is 5.82. The van der Waals surface area contributed by atoms with Crippen molar-refractivity contribution in [2.45, 2.75) is 0 Å². The minimum absolute atomic E-state index is 0.391. The van der Waals surface area contributed by atoms with Crippen LogP contribution in [0.1, 0.15) is 5.69 Å². The highest BCUT2D eigenvalue weighted by molar-refractivity contribution is 6.07. The smallest absolute Gasteiger partial charge is 0.270 e. The molecule has 0 radical (unpaired) electrons. The van der Waals surface area contributed by atoms with Crippen molar-refractivity contribution in [1.29, 1.82) is 5.26 Å². The third-order valence-electron chi connectivity index (χ3n) is 7.31. The summed E-state index contributed by atoms with van der Waals surface area (Å²) in [6.45, 7) is 7.20. The third-order valence-corrected chi connectivity index (χ3v) is 7.31. The van der Waals surface area contributed by atoms with Crippen LogP contribution in [-0.4, -0.2) is 9.97 Å². The molecule has 0 fully saturated rings. The molecule has 0 aliphatic heterocycles. The molecule has 0 spiro atoms. The van der Waals surface area contributed by atoms with Gasteiger partial charge in [-0.25, -0.2) is 4.98 Å². The van der Waals surface area contributed by atoms with Crippen LogP contribution < -0.4 is 0 Å². The third kappa shape index (κ3) is 4.48.